The molecule has 4 rings (SSSR count). The fourth-order valence-electron chi connectivity index (χ4n) is 4.15. The molecule has 2 aromatic rings. The van der Waals surface area contributed by atoms with E-state index in [4.69, 9.17) is 0 Å². The van der Waals surface area contributed by atoms with Gasteiger partial charge in [-0.1, -0.05) is 0 Å². The highest BCUT2D eigenvalue weighted by Crippen LogP contribution is 2.43. The number of piperidine rings is 1. The molecule has 4 heterocycles. The summed E-state index contributed by atoms with van der Waals surface area (Å²) < 4.78 is 0. The molecule has 1 atom stereocenters. The van der Waals surface area contributed by atoms with E-state index in [0.717, 1.165) is 28.8 Å². The van der Waals surface area contributed by atoms with Crippen molar-refractivity contribution in [3.63, 3.8) is 0 Å². The second-order valence-corrected chi connectivity index (χ2v) is 7.88. The molecular formula is C19H21N3O2S. The maximum absolute atomic E-state index is 12.7. The van der Waals surface area contributed by atoms with Crippen molar-refractivity contribution in [2.75, 3.05) is 13.1 Å². The van der Waals surface area contributed by atoms with Gasteiger partial charge < -0.3 is 10.2 Å². The van der Waals surface area contributed by atoms with Gasteiger partial charge in [-0.05, 0) is 54.5 Å². The van der Waals surface area contributed by atoms with Gasteiger partial charge in [-0.2, -0.15) is 0 Å². The van der Waals surface area contributed by atoms with E-state index in [1.54, 1.807) is 12.4 Å². The summed E-state index contributed by atoms with van der Waals surface area (Å²) >= 11 is 1.50. The predicted octanol–water partition coefficient (Wildman–Crippen LogP) is 2.73. The van der Waals surface area contributed by atoms with E-state index in [1.165, 1.54) is 11.3 Å². The molecule has 0 aliphatic carbocycles. The van der Waals surface area contributed by atoms with Crippen molar-refractivity contribution in [2.45, 2.75) is 37.6 Å². The third kappa shape index (κ3) is 2.84. The highest BCUT2D eigenvalue weighted by Gasteiger charge is 2.49. The number of aromatic nitrogens is 1. The van der Waals surface area contributed by atoms with Gasteiger partial charge in [0.15, 0.2) is 0 Å². The summed E-state index contributed by atoms with van der Waals surface area (Å²) in [6.07, 6.45) is 5.67. The Balaban J connectivity index is 1.52. The average molecular weight is 355 g/mol. The summed E-state index contributed by atoms with van der Waals surface area (Å²) in [4.78, 5) is 31.7. The van der Waals surface area contributed by atoms with Crippen molar-refractivity contribution in [1.82, 2.24) is 15.2 Å². The van der Waals surface area contributed by atoms with Crippen LogP contribution in [-0.4, -0.2) is 40.3 Å². The van der Waals surface area contributed by atoms with E-state index in [-0.39, 0.29) is 23.3 Å². The van der Waals surface area contributed by atoms with Crippen molar-refractivity contribution >= 4 is 23.2 Å². The molecule has 2 aromatic heterocycles. The first-order chi connectivity index (χ1) is 12.1. The minimum absolute atomic E-state index is 0.107. The van der Waals surface area contributed by atoms with Crippen LogP contribution < -0.4 is 5.32 Å². The van der Waals surface area contributed by atoms with Crippen molar-refractivity contribution in [3.05, 3.63) is 52.0 Å². The first kappa shape index (κ1) is 16.3. The lowest BCUT2D eigenvalue weighted by Gasteiger charge is -2.43. The van der Waals surface area contributed by atoms with Gasteiger partial charge in [0.1, 0.15) is 0 Å². The van der Waals surface area contributed by atoms with Gasteiger partial charge >= 0.3 is 0 Å². The van der Waals surface area contributed by atoms with Gasteiger partial charge in [-0.15, -0.1) is 11.3 Å². The quantitative estimate of drug-likeness (QED) is 0.901. The van der Waals surface area contributed by atoms with Gasteiger partial charge in [-0.3, -0.25) is 14.6 Å². The van der Waals surface area contributed by atoms with Crippen molar-refractivity contribution in [1.29, 1.82) is 0 Å². The molecule has 0 bridgehead atoms. The summed E-state index contributed by atoms with van der Waals surface area (Å²) in [6, 6.07) is 5.98. The minimum atomic E-state index is -0.236. The third-order valence-corrected chi connectivity index (χ3v) is 6.56. The van der Waals surface area contributed by atoms with Crippen LogP contribution in [0.15, 0.2) is 36.0 Å². The summed E-state index contributed by atoms with van der Waals surface area (Å²) in [6.45, 7) is 3.34. The van der Waals surface area contributed by atoms with E-state index in [2.05, 4.69) is 10.3 Å². The lowest BCUT2D eigenvalue weighted by molar-refractivity contribution is -0.120. The molecule has 6 heteroatoms. The molecule has 5 nitrogen and oxygen atoms in total. The number of hydrogen-bond acceptors (Lipinski definition) is 4. The Morgan fingerprint density at radius 1 is 1.28 bits per heavy atom. The molecule has 2 saturated heterocycles. The lowest BCUT2D eigenvalue weighted by atomic mass is 9.74. The van der Waals surface area contributed by atoms with E-state index in [1.807, 2.05) is 35.4 Å². The van der Waals surface area contributed by atoms with Crippen LogP contribution in [0.5, 0.6) is 0 Å². The number of amides is 2. The maximum atomic E-state index is 12.7. The zero-order valence-corrected chi connectivity index (χ0v) is 15.0. The summed E-state index contributed by atoms with van der Waals surface area (Å²) in [5.74, 6) is 0.381. The van der Waals surface area contributed by atoms with Gasteiger partial charge in [-0.25, -0.2) is 0 Å². The topological polar surface area (TPSA) is 62.3 Å². The molecule has 1 spiro atoms. The zero-order chi connectivity index (χ0) is 17.4. The van der Waals surface area contributed by atoms with Crippen molar-refractivity contribution in [3.8, 4) is 0 Å². The second kappa shape index (κ2) is 6.26. The van der Waals surface area contributed by atoms with Crippen LogP contribution in [0.3, 0.4) is 0 Å². The number of carbonyl (C=O) groups excluding carboxylic acids is 2. The van der Waals surface area contributed by atoms with Crippen LogP contribution in [-0.2, 0) is 4.79 Å². The normalized spacial score (nSPS) is 22.2. The van der Waals surface area contributed by atoms with E-state index < -0.39 is 0 Å². The van der Waals surface area contributed by atoms with Crippen molar-refractivity contribution < 1.29 is 9.59 Å². The number of pyridine rings is 1. The largest absolute Gasteiger partial charge is 0.350 e. The highest BCUT2D eigenvalue weighted by atomic mass is 32.1. The number of nitrogens with one attached hydrogen (secondary N) is 1. The van der Waals surface area contributed by atoms with Crippen molar-refractivity contribution in [2.24, 2.45) is 0 Å². The Labute approximate surface area is 151 Å². The van der Waals surface area contributed by atoms with Crippen LogP contribution in [0, 0.1) is 6.92 Å². The molecule has 1 N–H and O–H groups in total. The maximum Gasteiger partial charge on any atom is 0.264 e. The molecule has 0 radical (unpaired) electrons. The molecule has 2 amide bonds. The van der Waals surface area contributed by atoms with Gasteiger partial charge in [0.25, 0.3) is 5.91 Å². The van der Waals surface area contributed by atoms with Gasteiger partial charge in [0.2, 0.25) is 5.91 Å². The SMILES string of the molecule is Cc1ccsc1C(=O)N1CCC2(CC1)NC(=O)C[C@@H]2c1ccncc1. The number of aryl methyl sites for hydroxylation is 1. The molecule has 0 unspecified atom stereocenters. The number of hydrogen-bond donors (Lipinski definition) is 1. The third-order valence-electron chi connectivity index (χ3n) is 5.55. The van der Waals surface area contributed by atoms with Crippen LogP contribution in [0.2, 0.25) is 0 Å². The molecule has 25 heavy (non-hydrogen) atoms. The Morgan fingerprint density at radius 2 is 2.00 bits per heavy atom. The molecule has 2 aliphatic rings. The minimum Gasteiger partial charge on any atom is -0.350 e. The van der Waals surface area contributed by atoms with E-state index >= 15 is 0 Å². The van der Waals surface area contributed by atoms with Crippen LogP contribution >= 0.6 is 11.3 Å². The smallest absolute Gasteiger partial charge is 0.264 e. The number of nitrogens with zero attached hydrogens (tertiary/aromatic N) is 2. The highest BCUT2D eigenvalue weighted by molar-refractivity contribution is 7.12. The summed E-state index contributed by atoms with van der Waals surface area (Å²) in [7, 11) is 0. The molecule has 2 fully saturated rings. The zero-order valence-electron chi connectivity index (χ0n) is 14.2. The standard InChI is InChI=1S/C19H21N3O2S/c1-13-4-11-25-17(13)18(24)22-9-5-19(6-10-22)15(12-16(23)21-19)14-2-7-20-8-3-14/h2-4,7-8,11,15H,5-6,9-10,12H2,1H3,(H,21,23)/t15-/m1/s1. The Hall–Kier alpha value is -2.21. The fraction of sp³-hybridized carbons (Fsp3) is 0.421. The van der Waals surface area contributed by atoms with Crippen LogP contribution in [0.25, 0.3) is 0 Å². The Bertz CT molecular complexity index is 794. The first-order valence-electron chi connectivity index (χ1n) is 8.63. The lowest BCUT2D eigenvalue weighted by Crippen LogP contribution is -2.54. The first-order valence-corrected chi connectivity index (χ1v) is 9.51. The number of thiophene rings is 1. The summed E-state index contributed by atoms with van der Waals surface area (Å²) in [5.41, 5.74) is 1.96. The molecule has 0 saturated carbocycles. The second-order valence-electron chi connectivity index (χ2n) is 6.97. The Morgan fingerprint density at radius 3 is 2.64 bits per heavy atom. The number of rotatable bonds is 2. The molecule has 130 valence electrons. The van der Waals surface area contributed by atoms with Gasteiger partial charge in [0, 0.05) is 37.8 Å². The molecule has 0 aromatic carbocycles. The average Bonchev–Trinajstić information content (AvgIpc) is 3.19. The van der Waals surface area contributed by atoms with Gasteiger partial charge in [0.05, 0.1) is 10.4 Å². The van der Waals surface area contributed by atoms with Crippen LogP contribution in [0.1, 0.15) is 46.0 Å². The number of carbonyl (C=O) groups is 2. The summed E-state index contributed by atoms with van der Waals surface area (Å²) in [5, 5.41) is 5.19. The molecule has 2 aliphatic heterocycles. The predicted molar refractivity (Wildman–Crippen MR) is 96.7 cm³/mol. The fourth-order valence-corrected chi connectivity index (χ4v) is 5.04. The number of likely N-dealkylation sites (tertiary alicyclic amines) is 1. The molecular weight excluding hydrogens is 334 g/mol. The Kier molecular flexibility index (Phi) is 4.07. The van der Waals surface area contributed by atoms with E-state index in [9.17, 15) is 9.59 Å². The van der Waals surface area contributed by atoms with E-state index in [0.29, 0.717) is 19.5 Å². The monoisotopic (exact) mass is 355 g/mol. The van der Waals surface area contributed by atoms with Crippen LogP contribution in [0.4, 0.5) is 0 Å².